The Morgan fingerprint density at radius 2 is 1.26 bits per heavy atom. The average molecular weight is 327 g/mol. The van der Waals surface area contributed by atoms with E-state index in [1.54, 1.807) is 0 Å². The SMILES string of the molecule is C=CC(=O)OCCN1CN(CCO)CN(CCOC(=O)C=C)C1. The Kier molecular flexibility index (Phi) is 9.15. The number of rotatable bonds is 10. The molecule has 1 aliphatic heterocycles. The van der Waals surface area contributed by atoms with E-state index in [9.17, 15) is 9.59 Å². The molecule has 0 bridgehead atoms. The Morgan fingerprint density at radius 3 is 1.61 bits per heavy atom. The molecule has 0 amide bonds. The first kappa shape index (κ1) is 19.3. The molecule has 0 aromatic heterocycles. The van der Waals surface area contributed by atoms with Crippen LogP contribution in [0.4, 0.5) is 0 Å². The Morgan fingerprint density at radius 1 is 0.870 bits per heavy atom. The molecule has 0 spiro atoms. The number of aliphatic hydroxyl groups is 1. The molecule has 8 nitrogen and oxygen atoms in total. The second kappa shape index (κ2) is 10.9. The molecule has 0 radical (unpaired) electrons. The average Bonchev–Trinajstić information content (AvgIpc) is 2.54. The number of ether oxygens (including phenoxy) is 2. The normalized spacial score (nSPS) is 16.7. The second-order valence-electron chi connectivity index (χ2n) is 5.07. The van der Waals surface area contributed by atoms with Gasteiger partial charge in [0.25, 0.3) is 0 Å². The minimum Gasteiger partial charge on any atom is -0.461 e. The first-order chi connectivity index (χ1) is 11.1. The summed E-state index contributed by atoms with van der Waals surface area (Å²) in [5.74, 6) is -0.884. The molecule has 1 heterocycles. The highest BCUT2D eigenvalue weighted by atomic mass is 16.5. The molecular formula is C15H25N3O5. The largest absolute Gasteiger partial charge is 0.461 e. The maximum Gasteiger partial charge on any atom is 0.330 e. The van der Waals surface area contributed by atoms with E-state index in [0.29, 0.717) is 39.6 Å². The van der Waals surface area contributed by atoms with Gasteiger partial charge >= 0.3 is 11.9 Å². The van der Waals surface area contributed by atoms with E-state index in [2.05, 4.69) is 27.9 Å². The molecule has 0 atom stereocenters. The lowest BCUT2D eigenvalue weighted by Crippen LogP contribution is -2.56. The summed E-state index contributed by atoms with van der Waals surface area (Å²) in [6.07, 6.45) is 2.27. The van der Waals surface area contributed by atoms with Gasteiger partial charge in [0.05, 0.1) is 26.6 Å². The lowest BCUT2D eigenvalue weighted by Gasteiger charge is -2.41. The highest BCUT2D eigenvalue weighted by Gasteiger charge is 2.23. The molecule has 1 aliphatic rings. The van der Waals surface area contributed by atoms with Crippen molar-refractivity contribution < 1.29 is 24.2 Å². The van der Waals surface area contributed by atoms with Crippen molar-refractivity contribution in [3.05, 3.63) is 25.3 Å². The van der Waals surface area contributed by atoms with Gasteiger partial charge in [-0.05, 0) is 0 Å². The van der Waals surface area contributed by atoms with Crippen molar-refractivity contribution in [2.45, 2.75) is 0 Å². The molecule has 0 saturated carbocycles. The minimum atomic E-state index is -0.442. The summed E-state index contributed by atoms with van der Waals surface area (Å²) in [4.78, 5) is 28.3. The van der Waals surface area contributed by atoms with Crippen LogP contribution in [0.15, 0.2) is 25.3 Å². The number of β-amino-alcohol motifs (C(OH)–C–C–N with tert-alkyl or cyclic N) is 1. The predicted octanol–water partition coefficient (Wildman–Crippen LogP) is -0.771. The van der Waals surface area contributed by atoms with E-state index >= 15 is 0 Å². The van der Waals surface area contributed by atoms with Crippen molar-refractivity contribution in [3.8, 4) is 0 Å². The molecule has 0 unspecified atom stereocenters. The topological polar surface area (TPSA) is 82.6 Å². The van der Waals surface area contributed by atoms with Crippen LogP contribution in [0.25, 0.3) is 0 Å². The highest BCUT2D eigenvalue weighted by molar-refractivity contribution is 5.81. The molecule has 1 fully saturated rings. The van der Waals surface area contributed by atoms with Gasteiger partial charge in [-0.15, -0.1) is 0 Å². The molecule has 23 heavy (non-hydrogen) atoms. The molecular weight excluding hydrogens is 302 g/mol. The van der Waals surface area contributed by atoms with Crippen molar-refractivity contribution in [2.75, 3.05) is 59.5 Å². The third-order valence-corrected chi connectivity index (χ3v) is 3.25. The summed E-state index contributed by atoms with van der Waals surface area (Å²) in [5, 5.41) is 9.11. The third-order valence-electron chi connectivity index (χ3n) is 3.25. The van der Waals surface area contributed by atoms with Crippen LogP contribution >= 0.6 is 0 Å². The molecule has 130 valence electrons. The Bertz CT molecular complexity index is 382. The van der Waals surface area contributed by atoms with Gasteiger partial charge in [-0.25, -0.2) is 9.59 Å². The van der Waals surface area contributed by atoms with Crippen LogP contribution in [-0.2, 0) is 19.1 Å². The number of carbonyl (C=O) groups is 2. The van der Waals surface area contributed by atoms with Crippen molar-refractivity contribution >= 4 is 11.9 Å². The van der Waals surface area contributed by atoms with Gasteiger partial charge in [-0.2, -0.15) is 0 Å². The molecule has 1 rings (SSSR count). The van der Waals surface area contributed by atoms with Crippen molar-refractivity contribution in [2.24, 2.45) is 0 Å². The van der Waals surface area contributed by atoms with E-state index in [1.165, 1.54) is 0 Å². The lowest BCUT2D eigenvalue weighted by atomic mass is 10.4. The summed E-state index contributed by atoms with van der Waals surface area (Å²) in [7, 11) is 0. The van der Waals surface area contributed by atoms with Crippen molar-refractivity contribution in [1.29, 1.82) is 0 Å². The van der Waals surface area contributed by atoms with Crippen LogP contribution in [0.2, 0.25) is 0 Å². The first-order valence-corrected chi connectivity index (χ1v) is 7.45. The van der Waals surface area contributed by atoms with Gasteiger partial charge in [0, 0.05) is 31.8 Å². The molecule has 1 saturated heterocycles. The maximum absolute atomic E-state index is 11.0. The van der Waals surface area contributed by atoms with Crippen LogP contribution < -0.4 is 0 Å². The van der Waals surface area contributed by atoms with Crippen LogP contribution in [-0.4, -0.2) is 91.2 Å². The zero-order valence-corrected chi connectivity index (χ0v) is 13.4. The number of aliphatic hydroxyl groups excluding tert-OH is 1. The predicted molar refractivity (Wildman–Crippen MR) is 84.1 cm³/mol. The molecule has 8 heteroatoms. The Labute approximate surface area is 136 Å². The van der Waals surface area contributed by atoms with Crippen molar-refractivity contribution in [1.82, 2.24) is 14.7 Å². The minimum absolute atomic E-state index is 0.0680. The van der Waals surface area contributed by atoms with E-state index in [4.69, 9.17) is 14.6 Å². The lowest BCUT2D eigenvalue weighted by molar-refractivity contribution is -0.139. The standard InChI is InChI=1S/C15H25N3O5/c1-3-14(20)22-9-6-17-11-16(5-8-19)12-18(13-17)7-10-23-15(21)4-2/h3-4,19H,1-2,5-13H2. The van der Waals surface area contributed by atoms with Crippen LogP contribution in [0.5, 0.6) is 0 Å². The van der Waals surface area contributed by atoms with Gasteiger partial charge in [-0.3, -0.25) is 14.7 Å². The maximum atomic E-state index is 11.0. The van der Waals surface area contributed by atoms with Gasteiger partial charge in [0.2, 0.25) is 0 Å². The van der Waals surface area contributed by atoms with Gasteiger partial charge in [0.1, 0.15) is 13.2 Å². The van der Waals surface area contributed by atoms with E-state index in [1.807, 2.05) is 0 Å². The summed E-state index contributed by atoms with van der Waals surface area (Å²) in [5.41, 5.74) is 0. The number of nitrogens with zero attached hydrogens (tertiary/aromatic N) is 3. The fraction of sp³-hybridized carbons (Fsp3) is 0.600. The second-order valence-corrected chi connectivity index (χ2v) is 5.07. The Hall–Kier alpha value is -1.74. The quantitative estimate of drug-likeness (QED) is 0.414. The molecule has 1 N–H and O–H groups in total. The molecule has 0 aromatic carbocycles. The van der Waals surface area contributed by atoms with E-state index in [-0.39, 0.29) is 19.8 Å². The molecule has 0 aromatic rings. The zero-order chi connectivity index (χ0) is 17.1. The van der Waals surface area contributed by atoms with Gasteiger partial charge in [-0.1, -0.05) is 13.2 Å². The number of hydrogen-bond donors (Lipinski definition) is 1. The van der Waals surface area contributed by atoms with Crippen LogP contribution in [0.1, 0.15) is 0 Å². The number of esters is 2. The number of carbonyl (C=O) groups excluding carboxylic acids is 2. The van der Waals surface area contributed by atoms with E-state index < -0.39 is 11.9 Å². The third kappa shape index (κ3) is 7.89. The zero-order valence-electron chi connectivity index (χ0n) is 13.4. The monoisotopic (exact) mass is 327 g/mol. The molecule has 0 aliphatic carbocycles. The Balaban J connectivity index is 2.41. The fourth-order valence-electron chi connectivity index (χ4n) is 2.22. The van der Waals surface area contributed by atoms with Crippen molar-refractivity contribution in [3.63, 3.8) is 0 Å². The first-order valence-electron chi connectivity index (χ1n) is 7.45. The van der Waals surface area contributed by atoms with Gasteiger partial charge < -0.3 is 14.6 Å². The summed E-state index contributed by atoms with van der Waals surface area (Å²) in [6.45, 7) is 11.0. The van der Waals surface area contributed by atoms with E-state index in [0.717, 1.165) is 12.2 Å². The van der Waals surface area contributed by atoms with Crippen LogP contribution in [0, 0.1) is 0 Å². The fourth-order valence-corrected chi connectivity index (χ4v) is 2.22. The highest BCUT2D eigenvalue weighted by Crippen LogP contribution is 2.07. The smallest absolute Gasteiger partial charge is 0.330 e. The summed E-state index contributed by atoms with van der Waals surface area (Å²) in [6, 6.07) is 0. The summed E-state index contributed by atoms with van der Waals surface area (Å²) < 4.78 is 9.97. The van der Waals surface area contributed by atoms with Gasteiger partial charge in [0.15, 0.2) is 0 Å². The van der Waals surface area contributed by atoms with Crippen LogP contribution in [0.3, 0.4) is 0 Å². The number of hydrogen-bond acceptors (Lipinski definition) is 8. The summed E-state index contributed by atoms with van der Waals surface area (Å²) >= 11 is 0.